The van der Waals surface area contributed by atoms with Crippen molar-refractivity contribution in [1.82, 2.24) is 14.8 Å². The van der Waals surface area contributed by atoms with Gasteiger partial charge in [-0.05, 0) is 55.0 Å². The van der Waals surface area contributed by atoms with Crippen molar-refractivity contribution in [1.29, 1.82) is 0 Å². The number of nitrogens with one attached hydrogen (secondary N) is 1. The number of sulfone groups is 1. The zero-order valence-electron chi connectivity index (χ0n) is 18.9. The van der Waals surface area contributed by atoms with Gasteiger partial charge in [-0.25, -0.2) is 8.42 Å². The van der Waals surface area contributed by atoms with Crippen molar-refractivity contribution in [2.24, 2.45) is 0 Å². The second-order valence-corrected chi connectivity index (χ2v) is 10.9. The molecule has 1 unspecified atom stereocenters. The first-order valence-electron chi connectivity index (χ1n) is 10.9. The minimum atomic E-state index is -3.66. The molecule has 35 heavy (non-hydrogen) atoms. The van der Waals surface area contributed by atoms with Gasteiger partial charge in [-0.3, -0.25) is 9.36 Å². The van der Waals surface area contributed by atoms with E-state index >= 15 is 0 Å². The summed E-state index contributed by atoms with van der Waals surface area (Å²) in [6.07, 6.45) is 0.508. The molecule has 8 nitrogen and oxygen atoms in total. The molecule has 4 rings (SSSR count). The molecule has 0 saturated heterocycles. The molecule has 1 amide bonds. The quantitative estimate of drug-likeness (QED) is 0.253. The molecule has 1 atom stereocenters. The van der Waals surface area contributed by atoms with Crippen LogP contribution >= 0.6 is 11.8 Å². The van der Waals surface area contributed by atoms with Crippen LogP contribution in [0.3, 0.4) is 0 Å². The maximum absolute atomic E-state index is 13.0. The van der Waals surface area contributed by atoms with Crippen molar-refractivity contribution in [2.75, 3.05) is 5.32 Å². The van der Waals surface area contributed by atoms with Gasteiger partial charge < -0.3 is 10.4 Å². The Hall–Kier alpha value is -3.63. The van der Waals surface area contributed by atoms with Crippen molar-refractivity contribution in [3.8, 4) is 11.4 Å². The number of anilines is 1. The molecule has 3 aromatic carbocycles. The molecular formula is C25H24N4O4S2. The van der Waals surface area contributed by atoms with Gasteiger partial charge in [-0.2, -0.15) is 0 Å². The van der Waals surface area contributed by atoms with Crippen LogP contribution in [0.15, 0.2) is 95.0 Å². The molecular weight excluding hydrogens is 484 g/mol. The number of phenols is 1. The average molecular weight is 509 g/mol. The number of amides is 1. The van der Waals surface area contributed by atoms with Gasteiger partial charge in [0.05, 0.1) is 10.1 Å². The smallest absolute Gasteiger partial charge is 0.237 e. The second kappa shape index (κ2) is 10.7. The lowest BCUT2D eigenvalue weighted by Crippen LogP contribution is -2.25. The zero-order valence-corrected chi connectivity index (χ0v) is 20.5. The Balaban J connectivity index is 1.63. The van der Waals surface area contributed by atoms with Crippen LogP contribution in [-0.2, 0) is 20.4 Å². The Labute approximate surface area is 208 Å². The number of hydrogen-bond acceptors (Lipinski definition) is 7. The minimum absolute atomic E-state index is 0.110. The van der Waals surface area contributed by atoms with Gasteiger partial charge in [0.2, 0.25) is 5.91 Å². The van der Waals surface area contributed by atoms with E-state index in [1.54, 1.807) is 47.0 Å². The standard InChI is InChI=1S/C25H24N4O4S2/c1-2-22(24(31)26-18-13-15-20(30)16-14-18)34-25-28-27-23(29(25)19-9-5-3-6-10-19)17-35(32,33)21-11-7-4-8-12-21/h3-16,22,30H,2,17H2,1H3,(H,26,31). The Morgan fingerprint density at radius 2 is 1.60 bits per heavy atom. The number of hydrogen-bond donors (Lipinski definition) is 2. The SMILES string of the molecule is CCC(Sc1nnc(CS(=O)(=O)c2ccccc2)n1-c1ccccc1)C(=O)Nc1ccc(O)cc1. The summed E-state index contributed by atoms with van der Waals surface area (Å²) in [5.74, 6) is -0.199. The lowest BCUT2D eigenvalue weighted by molar-refractivity contribution is -0.115. The molecule has 0 aliphatic carbocycles. The van der Waals surface area contributed by atoms with Crippen molar-refractivity contribution in [3.05, 3.63) is 90.8 Å². The summed E-state index contributed by atoms with van der Waals surface area (Å²) in [6, 6.07) is 23.6. The van der Waals surface area contributed by atoms with E-state index in [1.165, 1.54) is 23.9 Å². The maximum Gasteiger partial charge on any atom is 0.237 e. The Kier molecular flexibility index (Phi) is 7.52. The molecule has 0 bridgehead atoms. The predicted octanol–water partition coefficient (Wildman–Crippen LogP) is 4.46. The monoisotopic (exact) mass is 508 g/mol. The molecule has 1 aromatic heterocycles. The molecule has 0 radical (unpaired) electrons. The summed E-state index contributed by atoms with van der Waals surface area (Å²) in [5.41, 5.74) is 1.26. The number of nitrogens with zero attached hydrogens (tertiary/aromatic N) is 3. The fraction of sp³-hybridized carbons (Fsp3) is 0.160. The largest absolute Gasteiger partial charge is 0.508 e. The van der Waals surface area contributed by atoms with Gasteiger partial charge >= 0.3 is 0 Å². The molecule has 1 heterocycles. The van der Waals surface area contributed by atoms with Crippen LogP contribution in [0.1, 0.15) is 19.2 Å². The first-order valence-corrected chi connectivity index (χ1v) is 13.4. The van der Waals surface area contributed by atoms with Crippen LogP contribution in [0.25, 0.3) is 5.69 Å². The number of aromatic hydroxyl groups is 1. The topological polar surface area (TPSA) is 114 Å². The highest BCUT2D eigenvalue weighted by Gasteiger charge is 2.26. The van der Waals surface area contributed by atoms with Crippen LogP contribution in [0.5, 0.6) is 5.75 Å². The van der Waals surface area contributed by atoms with Crippen LogP contribution in [0, 0.1) is 0 Å². The molecule has 4 aromatic rings. The van der Waals surface area contributed by atoms with Gasteiger partial charge in [0.15, 0.2) is 20.8 Å². The van der Waals surface area contributed by atoms with Gasteiger partial charge in [0.25, 0.3) is 0 Å². The van der Waals surface area contributed by atoms with Gasteiger partial charge in [-0.15, -0.1) is 10.2 Å². The van der Waals surface area contributed by atoms with E-state index in [0.29, 0.717) is 23.0 Å². The number of carbonyl (C=O) groups excluding carboxylic acids is 1. The van der Waals surface area contributed by atoms with Crippen LogP contribution in [0.4, 0.5) is 5.69 Å². The summed E-state index contributed by atoms with van der Waals surface area (Å²) < 4.78 is 27.8. The molecule has 180 valence electrons. The molecule has 10 heteroatoms. The van der Waals surface area contributed by atoms with E-state index in [9.17, 15) is 18.3 Å². The summed E-state index contributed by atoms with van der Waals surface area (Å²) in [5, 5.41) is 20.7. The number of para-hydroxylation sites is 1. The first-order chi connectivity index (χ1) is 16.9. The number of aromatic nitrogens is 3. The van der Waals surface area contributed by atoms with Crippen molar-refractivity contribution in [2.45, 2.75) is 34.4 Å². The third-order valence-electron chi connectivity index (χ3n) is 5.18. The number of carbonyl (C=O) groups is 1. The zero-order chi connectivity index (χ0) is 24.8. The van der Waals surface area contributed by atoms with Crippen molar-refractivity contribution < 1.29 is 18.3 Å². The lowest BCUT2D eigenvalue weighted by atomic mass is 10.2. The van der Waals surface area contributed by atoms with E-state index in [0.717, 1.165) is 0 Å². The van der Waals surface area contributed by atoms with E-state index in [4.69, 9.17) is 0 Å². The molecule has 0 aliphatic heterocycles. The summed E-state index contributed by atoms with van der Waals surface area (Å²) in [4.78, 5) is 13.2. The van der Waals surface area contributed by atoms with Crippen molar-refractivity contribution in [3.63, 3.8) is 0 Å². The van der Waals surface area contributed by atoms with Gasteiger partial charge in [-0.1, -0.05) is 55.1 Å². The van der Waals surface area contributed by atoms with Gasteiger partial charge in [0, 0.05) is 11.4 Å². The van der Waals surface area contributed by atoms with E-state index in [1.807, 2.05) is 37.3 Å². The lowest BCUT2D eigenvalue weighted by Gasteiger charge is -2.16. The Morgan fingerprint density at radius 3 is 2.23 bits per heavy atom. The normalized spacial score (nSPS) is 12.3. The number of phenolic OH excluding ortho intramolecular Hbond substituents is 1. The second-order valence-electron chi connectivity index (χ2n) is 7.69. The van der Waals surface area contributed by atoms with E-state index < -0.39 is 15.1 Å². The molecule has 0 aliphatic rings. The highest BCUT2D eigenvalue weighted by Crippen LogP contribution is 2.29. The summed E-state index contributed by atoms with van der Waals surface area (Å²) >= 11 is 1.22. The fourth-order valence-corrected chi connectivity index (χ4v) is 5.66. The predicted molar refractivity (Wildman–Crippen MR) is 135 cm³/mol. The average Bonchev–Trinajstić information content (AvgIpc) is 3.26. The van der Waals surface area contributed by atoms with Crippen LogP contribution < -0.4 is 5.32 Å². The minimum Gasteiger partial charge on any atom is -0.508 e. The number of rotatable bonds is 9. The van der Waals surface area contributed by atoms with Crippen molar-refractivity contribution >= 4 is 33.2 Å². The first kappa shape index (κ1) is 24.5. The molecule has 0 spiro atoms. The Bertz CT molecular complexity index is 1390. The maximum atomic E-state index is 13.0. The molecule has 0 fully saturated rings. The number of benzene rings is 3. The summed E-state index contributed by atoms with van der Waals surface area (Å²) in [6.45, 7) is 1.89. The third-order valence-corrected chi connectivity index (χ3v) is 8.12. The van der Waals surface area contributed by atoms with E-state index in [-0.39, 0.29) is 28.1 Å². The van der Waals surface area contributed by atoms with Crippen LogP contribution in [-0.4, -0.2) is 39.4 Å². The van der Waals surface area contributed by atoms with Gasteiger partial charge in [0.1, 0.15) is 11.5 Å². The highest BCUT2D eigenvalue weighted by atomic mass is 32.2. The number of thioether (sulfide) groups is 1. The molecule has 2 N–H and O–H groups in total. The van der Waals surface area contributed by atoms with Crippen LogP contribution in [0.2, 0.25) is 0 Å². The highest BCUT2D eigenvalue weighted by molar-refractivity contribution is 8.00. The summed E-state index contributed by atoms with van der Waals surface area (Å²) in [7, 11) is -3.66. The Morgan fingerprint density at radius 1 is 0.971 bits per heavy atom. The molecule has 0 saturated carbocycles. The fourth-order valence-electron chi connectivity index (χ4n) is 3.40. The van der Waals surface area contributed by atoms with E-state index in [2.05, 4.69) is 15.5 Å². The third kappa shape index (κ3) is 5.90.